The first-order valence-electron chi connectivity index (χ1n) is 12.9. The van der Waals surface area contributed by atoms with Crippen LogP contribution in [0.1, 0.15) is 136 Å². The summed E-state index contributed by atoms with van der Waals surface area (Å²) in [5.74, 6) is 1.59. The minimum atomic E-state index is 1.21. The Morgan fingerprint density at radius 1 is 0.607 bits per heavy atom. The van der Waals surface area contributed by atoms with Crippen molar-refractivity contribution in [1.82, 2.24) is 4.57 Å². The van der Waals surface area contributed by atoms with Crippen molar-refractivity contribution < 1.29 is 4.57 Å². The Hall–Kier alpha value is -0.790. The van der Waals surface area contributed by atoms with Crippen molar-refractivity contribution in [3.05, 3.63) is 18.2 Å². The summed E-state index contributed by atoms with van der Waals surface area (Å²) in [5.41, 5.74) is 0. The van der Waals surface area contributed by atoms with E-state index in [0.29, 0.717) is 0 Å². The number of hydrogen-bond donors (Lipinski definition) is 0. The molecule has 0 aliphatic carbocycles. The molecule has 2 nitrogen and oxygen atoms in total. The molecular formula is C26H51N2+. The van der Waals surface area contributed by atoms with Crippen LogP contribution in [0, 0.1) is 0 Å². The number of aryl methyl sites for hydroxylation is 2. The zero-order chi connectivity index (χ0) is 20.3. The van der Waals surface area contributed by atoms with Crippen LogP contribution in [0.4, 0.5) is 0 Å². The lowest BCUT2D eigenvalue weighted by Crippen LogP contribution is -2.37. The van der Waals surface area contributed by atoms with Crippen molar-refractivity contribution in [3.8, 4) is 0 Å². The third kappa shape index (κ3) is 11.9. The summed E-state index contributed by atoms with van der Waals surface area (Å²) in [4.78, 5) is 0. The van der Waals surface area contributed by atoms with Gasteiger partial charge in [0, 0.05) is 6.42 Å². The standard InChI is InChI=1S/C26H51N2/c1-4-7-10-12-13-14-15-16-17-20-23-28-25-24-27(22-19-9-6-3)26(28)21-18-11-8-5-2/h24-25H,4-23H2,1-3H3/q+1. The molecule has 0 aliphatic rings. The summed E-state index contributed by atoms with van der Waals surface area (Å²) in [7, 11) is 0. The van der Waals surface area contributed by atoms with E-state index in [9.17, 15) is 0 Å². The monoisotopic (exact) mass is 391 g/mol. The Morgan fingerprint density at radius 3 is 1.71 bits per heavy atom. The van der Waals surface area contributed by atoms with Gasteiger partial charge in [0.25, 0.3) is 5.82 Å². The van der Waals surface area contributed by atoms with Gasteiger partial charge >= 0.3 is 0 Å². The zero-order valence-corrected chi connectivity index (χ0v) is 19.7. The molecule has 0 aromatic carbocycles. The van der Waals surface area contributed by atoms with Crippen molar-refractivity contribution in [2.24, 2.45) is 0 Å². The molecule has 0 amide bonds. The molecule has 0 radical (unpaired) electrons. The molecular weight excluding hydrogens is 340 g/mol. The summed E-state index contributed by atoms with van der Waals surface area (Å²) in [5, 5.41) is 0. The van der Waals surface area contributed by atoms with Gasteiger partial charge in [-0.15, -0.1) is 0 Å². The summed E-state index contributed by atoms with van der Waals surface area (Å²) in [6, 6.07) is 0. The molecule has 1 heterocycles. The van der Waals surface area contributed by atoms with Gasteiger partial charge in [-0.2, -0.15) is 0 Å². The molecule has 0 aliphatic heterocycles. The van der Waals surface area contributed by atoms with Gasteiger partial charge in [0.15, 0.2) is 0 Å². The van der Waals surface area contributed by atoms with Crippen LogP contribution in [0.5, 0.6) is 0 Å². The molecule has 1 aromatic heterocycles. The molecule has 0 atom stereocenters. The summed E-state index contributed by atoms with van der Waals surface area (Å²) >= 11 is 0. The van der Waals surface area contributed by atoms with E-state index in [1.54, 1.807) is 5.82 Å². The molecule has 0 saturated carbocycles. The van der Waals surface area contributed by atoms with E-state index in [1.165, 1.54) is 129 Å². The van der Waals surface area contributed by atoms with Crippen molar-refractivity contribution in [2.75, 3.05) is 0 Å². The average Bonchev–Trinajstić information content (AvgIpc) is 3.08. The number of aromatic nitrogens is 2. The third-order valence-electron chi connectivity index (χ3n) is 6.10. The van der Waals surface area contributed by atoms with E-state index in [2.05, 4.69) is 42.3 Å². The minimum Gasteiger partial charge on any atom is -0.234 e. The Morgan fingerprint density at radius 2 is 1.11 bits per heavy atom. The number of rotatable bonds is 20. The summed E-state index contributed by atoms with van der Waals surface area (Å²) in [6.07, 6.45) is 29.6. The fourth-order valence-electron chi connectivity index (χ4n) is 4.20. The summed E-state index contributed by atoms with van der Waals surface area (Å²) in [6.45, 7) is 9.34. The zero-order valence-electron chi connectivity index (χ0n) is 19.7. The maximum Gasteiger partial charge on any atom is 0.256 e. The fraction of sp³-hybridized carbons (Fsp3) is 0.885. The van der Waals surface area contributed by atoms with E-state index < -0.39 is 0 Å². The quantitative estimate of drug-likeness (QED) is 0.157. The lowest BCUT2D eigenvalue weighted by Gasteiger charge is -2.06. The molecule has 0 bridgehead atoms. The topological polar surface area (TPSA) is 8.81 Å². The molecule has 0 fully saturated rings. The van der Waals surface area contributed by atoms with Crippen LogP contribution in [0.15, 0.2) is 12.4 Å². The van der Waals surface area contributed by atoms with Crippen LogP contribution in [0.25, 0.3) is 0 Å². The van der Waals surface area contributed by atoms with E-state index in [-0.39, 0.29) is 0 Å². The van der Waals surface area contributed by atoms with Crippen molar-refractivity contribution in [1.29, 1.82) is 0 Å². The average molecular weight is 392 g/mol. The number of imidazole rings is 1. The van der Waals surface area contributed by atoms with Crippen molar-refractivity contribution in [2.45, 2.75) is 149 Å². The van der Waals surface area contributed by atoms with Gasteiger partial charge in [0.2, 0.25) is 0 Å². The Kier molecular flexibility index (Phi) is 16.5. The molecule has 0 saturated heterocycles. The highest BCUT2D eigenvalue weighted by atomic mass is 15.1. The van der Waals surface area contributed by atoms with Crippen molar-refractivity contribution >= 4 is 0 Å². The molecule has 164 valence electrons. The van der Waals surface area contributed by atoms with Gasteiger partial charge in [-0.1, -0.05) is 97.8 Å². The number of unbranched alkanes of at least 4 members (excludes halogenated alkanes) is 14. The second kappa shape index (κ2) is 18.3. The van der Waals surface area contributed by atoms with Crippen LogP contribution >= 0.6 is 0 Å². The molecule has 0 unspecified atom stereocenters. The molecule has 0 N–H and O–H groups in total. The lowest BCUT2D eigenvalue weighted by molar-refractivity contribution is -0.704. The smallest absolute Gasteiger partial charge is 0.234 e. The predicted molar refractivity (Wildman–Crippen MR) is 124 cm³/mol. The second-order valence-electron chi connectivity index (χ2n) is 8.80. The maximum absolute atomic E-state index is 2.57. The van der Waals surface area contributed by atoms with Gasteiger partial charge in [-0.3, -0.25) is 0 Å². The van der Waals surface area contributed by atoms with Gasteiger partial charge in [0.1, 0.15) is 12.4 Å². The molecule has 0 spiro atoms. The van der Waals surface area contributed by atoms with Crippen LogP contribution in [0.3, 0.4) is 0 Å². The van der Waals surface area contributed by atoms with Crippen LogP contribution in [-0.2, 0) is 19.5 Å². The normalized spacial score (nSPS) is 11.4. The second-order valence-corrected chi connectivity index (χ2v) is 8.80. The van der Waals surface area contributed by atoms with Gasteiger partial charge in [-0.05, 0) is 32.1 Å². The van der Waals surface area contributed by atoms with E-state index in [1.807, 2.05) is 0 Å². The largest absolute Gasteiger partial charge is 0.256 e. The minimum absolute atomic E-state index is 1.21. The first kappa shape index (κ1) is 25.2. The molecule has 1 rings (SSSR count). The van der Waals surface area contributed by atoms with Gasteiger partial charge < -0.3 is 0 Å². The third-order valence-corrected chi connectivity index (χ3v) is 6.10. The van der Waals surface area contributed by atoms with Crippen LogP contribution in [0.2, 0.25) is 0 Å². The molecule has 28 heavy (non-hydrogen) atoms. The first-order chi connectivity index (χ1) is 13.8. The maximum atomic E-state index is 2.57. The highest BCUT2D eigenvalue weighted by molar-refractivity contribution is 4.84. The van der Waals surface area contributed by atoms with E-state index in [4.69, 9.17) is 0 Å². The predicted octanol–water partition coefficient (Wildman–Crippen LogP) is 8.01. The van der Waals surface area contributed by atoms with Crippen LogP contribution in [-0.4, -0.2) is 4.57 Å². The van der Waals surface area contributed by atoms with Crippen LogP contribution < -0.4 is 4.57 Å². The Balaban J connectivity index is 2.29. The van der Waals surface area contributed by atoms with E-state index >= 15 is 0 Å². The summed E-state index contributed by atoms with van der Waals surface area (Å²) < 4.78 is 5.13. The molecule has 1 aromatic rings. The highest BCUT2D eigenvalue weighted by Crippen LogP contribution is 2.12. The fourth-order valence-corrected chi connectivity index (χ4v) is 4.20. The van der Waals surface area contributed by atoms with E-state index in [0.717, 1.165) is 0 Å². The first-order valence-corrected chi connectivity index (χ1v) is 12.9. The highest BCUT2D eigenvalue weighted by Gasteiger charge is 2.16. The number of nitrogens with zero attached hydrogens (tertiary/aromatic N) is 2. The Bertz CT molecular complexity index is 449. The Labute approximate surface area is 177 Å². The SMILES string of the molecule is CCCCCCCCCCCCn1cc[n+](CCCCC)c1CCCCCC. The van der Waals surface area contributed by atoms with Gasteiger partial charge in [-0.25, -0.2) is 9.13 Å². The van der Waals surface area contributed by atoms with Crippen molar-refractivity contribution in [3.63, 3.8) is 0 Å². The lowest BCUT2D eigenvalue weighted by atomic mass is 10.1. The van der Waals surface area contributed by atoms with Gasteiger partial charge in [0.05, 0.1) is 13.1 Å². The molecule has 2 heteroatoms. The number of hydrogen-bond acceptors (Lipinski definition) is 0.